The minimum atomic E-state index is 0.687. The Balaban J connectivity index is 1.67. The Morgan fingerprint density at radius 1 is 1.40 bits per heavy atom. The molecule has 1 N–H and O–H groups in total. The van der Waals surface area contributed by atoms with E-state index in [1.165, 1.54) is 25.7 Å². The van der Waals surface area contributed by atoms with Gasteiger partial charge in [-0.15, -0.1) is 0 Å². The first-order valence-corrected chi connectivity index (χ1v) is 5.48. The van der Waals surface area contributed by atoms with E-state index in [4.69, 9.17) is 4.74 Å². The first-order chi connectivity index (χ1) is 7.38. The van der Waals surface area contributed by atoms with E-state index in [1.807, 2.05) is 0 Å². The number of hydrogen-bond donors (Lipinski definition) is 1. The number of hydrogen-bond acceptors (Lipinski definition) is 4. The summed E-state index contributed by atoms with van der Waals surface area (Å²) in [7, 11) is 1.61. The molecule has 1 aromatic heterocycles. The zero-order valence-electron chi connectivity index (χ0n) is 9.07. The Kier molecular flexibility index (Phi) is 3.37. The van der Waals surface area contributed by atoms with Crippen LogP contribution in [0.25, 0.3) is 0 Å². The predicted molar refractivity (Wildman–Crippen MR) is 59.0 cm³/mol. The van der Waals surface area contributed by atoms with Crippen LogP contribution in [0, 0.1) is 5.92 Å². The molecule has 1 saturated carbocycles. The SMILES string of the molecule is COc1cnc(NCCCC2CC2)nc1. The van der Waals surface area contributed by atoms with Crippen molar-refractivity contribution in [2.75, 3.05) is 19.0 Å². The molecule has 0 unspecified atom stereocenters. The van der Waals surface area contributed by atoms with Gasteiger partial charge >= 0.3 is 0 Å². The van der Waals surface area contributed by atoms with Gasteiger partial charge in [0, 0.05) is 6.54 Å². The Hall–Kier alpha value is -1.32. The lowest BCUT2D eigenvalue weighted by atomic mass is 10.2. The Morgan fingerprint density at radius 3 is 2.73 bits per heavy atom. The van der Waals surface area contributed by atoms with Crippen molar-refractivity contribution in [1.29, 1.82) is 0 Å². The molecule has 1 aliphatic carbocycles. The fourth-order valence-corrected chi connectivity index (χ4v) is 1.51. The van der Waals surface area contributed by atoms with Gasteiger partial charge in [0.05, 0.1) is 19.5 Å². The van der Waals surface area contributed by atoms with Gasteiger partial charge in [0.2, 0.25) is 5.95 Å². The number of nitrogens with one attached hydrogen (secondary N) is 1. The molecule has 0 spiro atoms. The summed E-state index contributed by atoms with van der Waals surface area (Å²) in [6.07, 6.45) is 8.76. The molecule has 2 rings (SSSR count). The number of ether oxygens (including phenoxy) is 1. The largest absolute Gasteiger partial charge is 0.494 e. The van der Waals surface area contributed by atoms with Crippen LogP contribution in [-0.4, -0.2) is 23.6 Å². The highest BCUT2D eigenvalue weighted by Gasteiger charge is 2.19. The smallest absolute Gasteiger partial charge is 0.222 e. The lowest BCUT2D eigenvalue weighted by Crippen LogP contribution is -2.05. The van der Waals surface area contributed by atoms with Crippen molar-refractivity contribution in [2.45, 2.75) is 25.7 Å². The zero-order valence-corrected chi connectivity index (χ0v) is 9.07. The van der Waals surface area contributed by atoms with E-state index in [2.05, 4.69) is 15.3 Å². The van der Waals surface area contributed by atoms with Gasteiger partial charge < -0.3 is 10.1 Å². The Bertz CT molecular complexity index is 295. The van der Waals surface area contributed by atoms with Crippen LogP contribution in [0.1, 0.15) is 25.7 Å². The van der Waals surface area contributed by atoms with Crippen LogP contribution in [0.3, 0.4) is 0 Å². The lowest BCUT2D eigenvalue weighted by Gasteiger charge is -2.04. The van der Waals surface area contributed by atoms with Crippen LogP contribution in [0.2, 0.25) is 0 Å². The maximum absolute atomic E-state index is 4.98. The minimum Gasteiger partial charge on any atom is -0.494 e. The van der Waals surface area contributed by atoms with Gasteiger partial charge in [-0.1, -0.05) is 12.8 Å². The van der Waals surface area contributed by atoms with Gasteiger partial charge in [0.25, 0.3) is 0 Å². The Morgan fingerprint density at radius 2 is 2.13 bits per heavy atom. The van der Waals surface area contributed by atoms with Gasteiger partial charge in [-0.3, -0.25) is 0 Å². The predicted octanol–water partition coefficient (Wildman–Crippen LogP) is 2.09. The van der Waals surface area contributed by atoms with Crippen molar-refractivity contribution < 1.29 is 4.74 Å². The monoisotopic (exact) mass is 207 g/mol. The molecule has 15 heavy (non-hydrogen) atoms. The molecule has 1 fully saturated rings. The molecule has 0 bridgehead atoms. The fraction of sp³-hybridized carbons (Fsp3) is 0.636. The molecule has 0 amide bonds. The van der Waals surface area contributed by atoms with Gasteiger partial charge in [0.15, 0.2) is 5.75 Å². The molecule has 0 atom stereocenters. The van der Waals surface area contributed by atoms with Crippen molar-refractivity contribution in [1.82, 2.24) is 9.97 Å². The molecule has 1 aromatic rings. The molecule has 82 valence electrons. The van der Waals surface area contributed by atoms with Crippen molar-refractivity contribution in [3.63, 3.8) is 0 Å². The van der Waals surface area contributed by atoms with Crippen molar-refractivity contribution in [2.24, 2.45) is 5.92 Å². The third-order valence-electron chi connectivity index (χ3n) is 2.63. The van der Waals surface area contributed by atoms with Gasteiger partial charge in [-0.2, -0.15) is 0 Å². The van der Waals surface area contributed by atoms with Crippen LogP contribution in [-0.2, 0) is 0 Å². The highest BCUT2D eigenvalue weighted by Crippen LogP contribution is 2.33. The van der Waals surface area contributed by atoms with Gasteiger partial charge in [0.1, 0.15) is 0 Å². The summed E-state index contributed by atoms with van der Waals surface area (Å²) in [5, 5.41) is 3.20. The number of anilines is 1. The first kappa shape index (κ1) is 10.2. The number of aromatic nitrogens is 2. The first-order valence-electron chi connectivity index (χ1n) is 5.48. The van der Waals surface area contributed by atoms with Crippen LogP contribution >= 0.6 is 0 Å². The third-order valence-corrected chi connectivity index (χ3v) is 2.63. The highest BCUT2D eigenvalue weighted by molar-refractivity contribution is 5.26. The molecule has 1 heterocycles. The summed E-state index contributed by atoms with van der Waals surface area (Å²) in [5.41, 5.74) is 0. The summed E-state index contributed by atoms with van der Waals surface area (Å²) in [6.45, 7) is 0.961. The highest BCUT2D eigenvalue weighted by atomic mass is 16.5. The van der Waals surface area contributed by atoms with Crippen LogP contribution < -0.4 is 10.1 Å². The third kappa shape index (κ3) is 3.38. The second kappa shape index (κ2) is 4.96. The molecule has 4 nitrogen and oxygen atoms in total. The summed E-state index contributed by atoms with van der Waals surface area (Å²) in [6, 6.07) is 0. The quantitative estimate of drug-likeness (QED) is 0.725. The van der Waals surface area contributed by atoms with E-state index in [1.54, 1.807) is 19.5 Å². The summed E-state index contributed by atoms with van der Waals surface area (Å²) >= 11 is 0. The van der Waals surface area contributed by atoms with Gasteiger partial charge in [-0.05, 0) is 18.8 Å². The van der Waals surface area contributed by atoms with Crippen molar-refractivity contribution in [3.8, 4) is 5.75 Å². The van der Waals surface area contributed by atoms with Crippen molar-refractivity contribution in [3.05, 3.63) is 12.4 Å². The van der Waals surface area contributed by atoms with E-state index >= 15 is 0 Å². The molecular weight excluding hydrogens is 190 g/mol. The van der Waals surface area contributed by atoms with Crippen molar-refractivity contribution >= 4 is 5.95 Å². The zero-order chi connectivity index (χ0) is 10.5. The average Bonchev–Trinajstić information content (AvgIpc) is 3.09. The summed E-state index contributed by atoms with van der Waals surface area (Å²) < 4.78 is 4.98. The second-order valence-corrected chi connectivity index (χ2v) is 3.96. The standard InChI is InChI=1S/C11H17N3O/c1-15-10-7-13-11(14-8-10)12-6-2-3-9-4-5-9/h7-9H,2-6H2,1H3,(H,12,13,14). The van der Waals surface area contributed by atoms with E-state index in [0.717, 1.165) is 12.5 Å². The van der Waals surface area contributed by atoms with E-state index in [9.17, 15) is 0 Å². The van der Waals surface area contributed by atoms with E-state index < -0.39 is 0 Å². The number of rotatable bonds is 6. The van der Waals surface area contributed by atoms with Crippen LogP contribution in [0.4, 0.5) is 5.95 Å². The molecule has 1 aliphatic rings. The van der Waals surface area contributed by atoms with Gasteiger partial charge in [-0.25, -0.2) is 9.97 Å². The molecule has 0 radical (unpaired) electrons. The topological polar surface area (TPSA) is 47.0 Å². The normalized spacial score (nSPS) is 15.0. The molecule has 0 aromatic carbocycles. The molecule has 0 saturated heterocycles. The average molecular weight is 207 g/mol. The molecule has 0 aliphatic heterocycles. The summed E-state index contributed by atoms with van der Waals surface area (Å²) in [5.74, 6) is 2.38. The lowest BCUT2D eigenvalue weighted by molar-refractivity contribution is 0.411. The minimum absolute atomic E-state index is 0.687. The van der Waals surface area contributed by atoms with E-state index in [0.29, 0.717) is 11.7 Å². The molecular formula is C11H17N3O. The van der Waals surface area contributed by atoms with Crippen LogP contribution in [0.5, 0.6) is 5.75 Å². The number of methoxy groups -OCH3 is 1. The fourth-order valence-electron chi connectivity index (χ4n) is 1.51. The second-order valence-electron chi connectivity index (χ2n) is 3.96. The Labute approximate surface area is 90.1 Å². The maximum Gasteiger partial charge on any atom is 0.222 e. The molecule has 4 heteroatoms. The maximum atomic E-state index is 4.98. The van der Waals surface area contributed by atoms with Crippen LogP contribution in [0.15, 0.2) is 12.4 Å². The summed E-state index contributed by atoms with van der Waals surface area (Å²) in [4.78, 5) is 8.27. The van der Waals surface area contributed by atoms with E-state index in [-0.39, 0.29) is 0 Å². The number of nitrogens with zero attached hydrogens (tertiary/aromatic N) is 2.